The summed E-state index contributed by atoms with van der Waals surface area (Å²) in [4.78, 5) is 10.2. The van der Waals surface area contributed by atoms with Crippen LogP contribution in [0.25, 0.3) is 81.6 Å². The molecule has 0 bridgehead atoms. The first-order valence-electron chi connectivity index (χ1n) is 14.8. The van der Waals surface area contributed by atoms with Gasteiger partial charge in [-0.1, -0.05) is 127 Å². The molecule has 0 fully saturated rings. The number of para-hydroxylation sites is 1. The van der Waals surface area contributed by atoms with Gasteiger partial charge in [-0.15, -0.1) is 11.3 Å². The Labute approximate surface area is 258 Å². The number of thiophene rings is 1. The summed E-state index contributed by atoms with van der Waals surface area (Å²) >= 11 is 1.85. The molecule has 4 heteroatoms. The molecule has 206 valence electrons. The van der Waals surface area contributed by atoms with E-state index in [9.17, 15) is 0 Å². The van der Waals surface area contributed by atoms with E-state index in [0.717, 1.165) is 33.9 Å². The third-order valence-corrected chi connectivity index (χ3v) is 9.57. The predicted octanol–water partition coefficient (Wildman–Crippen LogP) is 10.9. The molecule has 0 N–H and O–H groups in total. The van der Waals surface area contributed by atoms with Crippen molar-refractivity contribution in [2.45, 2.75) is 0 Å². The number of hydrogen-bond acceptors (Lipinski definition) is 3. The molecule has 3 heterocycles. The van der Waals surface area contributed by atoms with E-state index in [1.54, 1.807) is 0 Å². The van der Waals surface area contributed by atoms with Gasteiger partial charge in [-0.25, -0.2) is 9.97 Å². The van der Waals surface area contributed by atoms with Crippen molar-refractivity contribution in [2.75, 3.05) is 0 Å². The first-order valence-corrected chi connectivity index (χ1v) is 15.6. The minimum absolute atomic E-state index is 0.729. The van der Waals surface area contributed by atoms with E-state index in [1.807, 2.05) is 23.5 Å². The van der Waals surface area contributed by atoms with Gasteiger partial charge in [-0.05, 0) is 29.7 Å². The molecule has 0 saturated heterocycles. The van der Waals surface area contributed by atoms with Crippen LogP contribution in [0.15, 0.2) is 152 Å². The van der Waals surface area contributed by atoms with Crippen LogP contribution in [0.1, 0.15) is 0 Å². The first kappa shape index (κ1) is 25.0. The Balaban J connectivity index is 1.30. The Bertz CT molecular complexity index is 2420. The highest BCUT2D eigenvalue weighted by molar-refractivity contribution is 7.26. The van der Waals surface area contributed by atoms with Gasteiger partial charge in [0.25, 0.3) is 0 Å². The van der Waals surface area contributed by atoms with Crippen molar-refractivity contribution in [3.8, 4) is 39.6 Å². The third kappa shape index (κ3) is 3.96. The lowest BCUT2D eigenvalue weighted by atomic mass is 10.1. The maximum absolute atomic E-state index is 5.09. The summed E-state index contributed by atoms with van der Waals surface area (Å²) in [5.74, 6) is 0.729. The summed E-state index contributed by atoms with van der Waals surface area (Å²) in [7, 11) is 0. The Morgan fingerprint density at radius 1 is 0.455 bits per heavy atom. The lowest BCUT2D eigenvalue weighted by molar-refractivity contribution is 1.18. The van der Waals surface area contributed by atoms with Crippen LogP contribution in [0.5, 0.6) is 0 Å². The van der Waals surface area contributed by atoms with Crippen LogP contribution in [-0.4, -0.2) is 14.5 Å². The van der Waals surface area contributed by atoms with Gasteiger partial charge < -0.3 is 4.57 Å². The van der Waals surface area contributed by atoms with Crippen LogP contribution in [0, 0.1) is 0 Å². The van der Waals surface area contributed by atoms with Gasteiger partial charge in [-0.3, -0.25) is 0 Å². The topological polar surface area (TPSA) is 30.7 Å². The smallest absolute Gasteiger partial charge is 0.160 e. The van der Waals surface area contributed by atoms with Crippen molar-refractivity contribution in [3.63, 3.8) is 0 Å². The van der Waals surface area contributed by atoms with E-state index < -0.39 is 0 Å². The number of aromatic nitrogens is 3. The van der Waals surface area contributed by atoms with Crippen molar-refractivity contribution in [3.05, 3.63) is 152 Å². The van der Waals surface area contributed by atoms with Crippen molar-refractivity contribution in [2.24, 2.45) is 0 Å². The van der Waals surface area contributed by atoms with Crippen molar-refractivity contribution >= 4 is 53.3 Å². The Morgan fingerprint density at radius 3 is 1.77 bits per heavy atom. The Kier molecular flexibility index (Phi) is 5.68. The van der Waals surface area contributed by atoms with Gasteiger partial charge in [0, 0.05) is 43.2 Å². The molecule has 0 atom stereocenters. The Hall–Kier alpha value is -5.58. The second-order valence-corrected chi connectivity index (χ2v) is 12.1. The molecule has 9 aromatic rings. The lowest BCUT2D eigenvalue weighted by Crippen LogP contribution is -1.96. The summed E-state index contributed by atoms with van der Waals surface area (Å²) in [5.41, 5.74) is 8.67. The molecule has 0 aliphatic heterocycles. The SMILES string of the molecule is c1ccc(-c2cc(-c3ccccc3)nc(-c3ccc4c(c3)sc3c5ccc6ccccc6c5n(-c5ccccc5)c43)n2)cc1. The molecule has 0 unspecified atom stereocenters. The molecule has 6 aromatic carbocycles. The summed E-state index contributed by atoms with van der Waals surface area (Å²) < 4.78 is 4.97. The lowest BCUT2D eigenvalue weighted by Gasteiger charge is -2.11. The molecule has 0 aliphatic carbocycles. The fourth-order valence-electron chi connectivity index (χ4n) is 6.34. The first-order chi connectivity index (χ1) is 21.8. The number of rotatable bonds is 4. The van der Waals surface area contributed by atoms with E-state index in [0.29, 0.717) is 0 Å². The average Bonchev–Trinajstić information content (AvgIpc) is 3.63. The summed E-state index contributed by atoms with van der Waals surface area (Å²) in [6.07, 6.45) is 0. The van der Waals surface area contributed by atoms with Gasteiger partial charge in [0.05, 0.1) is 27.1 Å². The van der Waals surface area contributed by atoms with Crippen molar-refractivity contribution < 1.29 is 0 Å². The van der Waals surface area contributed by atoms with E-state index >= 15 is 0 Å². The highest BCUT2D eigenvalue weighted by Crippen LogP contribution is 2.45. The van der Waals surface area contributed by atoms with Crippen LogP contribution in [-0.2, 0) is 0 Å². The highest BCUT2D eigenvalue weighted by Gasteiger charge is 2.20. The number of nitrogens with zero attached hydrogens (tertiary/aromatic N) is 3. The largest absolute Gasteiger partial charge is 0.307 e. The minimum Gasteiger partial charge on any atom is -0.307 e. The highest BCUT2D eigenvalue weighted by atomic mass is 32.1. The van der Waals surface area contributed by atoms with E-state index in [-0.39, 0.29) is 0 Å². The van der Waals surface area contributed by atoms with Gasteiger partial charge in [0.15, 0.2) is 5.82 Å². The molecule has 0 saturated carbocycles. The second kappa shape index (κ2) is 10.0. The van der Waals surface area contributed by atoms with Crippen molar-refractivity contribution in [1.29, 1.82) is 0 Å². The molecule has 3 aromatic heterocycles. The molecular weight excluding hydrogens is 555 g/mol. The van der Waals surface area contributed by atoms with Gasteiger partial charge in [0.2, 0.25) is 0 Å². The minimum atomic E-state index is 0.729. The summed E-state index contributed by atoms with van der Waals surface area (Å²) in [5, 5.41) is 5.03. The van der Waals surface area contributed by atoms with Gasteiger partial charge in [-0.2, -0.15) is 0 Å². The zero-order valence-electron chi connectivity index (χ0n) is 23.7. The normalized spacial score (nSPS) is 11.6. The molecule has 3 nitrogen and oxygen atoms in total. The molecular formula is C40H25N3S. The van der Waals surface area contributed by atoms with Crippen LogP contribution >= 0.6 is 11.3 Å². The summed E-state index contributed by atoms with van der Waals surface area (Å²) in [6, 6.07) is 53.4. The molecule has 9 rings (SSSR count). The van der Waals surface area contributed by atoms with Gasteiger partial charge >= 0.3 is 0 Å². The molecule has 44 heavy (non-hydrogen) atoms. The monoisotopic (exact) mass is 579 g/mol. The van der Waals surface area contributed by atoms with Crippen LogP contribution in [0.3, 0.4) is 0 Å². The maximum atomic E-state index is 5.09. The predicted molar refractivity (Wildman–Crippen MR) is 186 cm³/mol. The van der Waals surface area contributed by atoms with Crippen LogP contribution < -0.4 is 0 Å². The molecule has 0 aliphatic rings. The fourth-order valence-corrected chi connectivity index (χ4v) is 7.60. The molecule has 0 spiro atoms. The van der Waals surface area contributed by atoms with E-state index in [2.05, 4.69) is 144 Å². The number of hydrogen-bond donors (Lipinski definition) is 0. The fraction of sp³-hybridized carbons (Fsp3) is 0. The number of fused-ring (bicyclic) bond motifs is 7. The standard InChI is InChI=1S/C40H25N3S/c1-4-13-27(14-5-1)34-25-35(28-15-6-2-7-16-28)42-40(41-34)29-21-22-32-36(24-29)44-39-33-23-20-26-12-10-11-19-31(26)37(33)43(38(32)39)30-17-8-3-9-18-30/h1-25H. The third-order valence-electron chi connectivity index (χ3n) is 8.39. The van der Waals surface area contributed by atoms with E-state index in [1.165, 1.54) is 47.7 Å². The zero-order valence-corrected chi connectivity index (χ0v) is 24.5. The van der Waals surface area contributed by atoms with Crippen molar-refractivity contribution in [1.82, 2.24) is 14.5 Å². The molecule has 0 amide bonds. The maximum Gasteiger partial charge on any atom is 0.160 e. The second-order valence-electron chi connectivity index (χ2n) is 11.0. The van der Waals surface area contributed by atoms with E-state index in [4.69, 9.17) is 9.97 Å². The summed E-state index contributed by atoms with van der Waals surface area (Å²) in [6.45, 7) is 0. The quantitative estimate of drug-likeness (QED) is 0.208. The zero-order chi connectivity index (χ0) is 29.0. The average molecular weight is 580 g/mol. The Morgan fingerprint density at radius 2 is 1.07 bits per heavy atom. The van der Waals surface area contributed by atoms with Gasteiger partial charge in [0.1, 0.15) is 0 Å². The number of benzene rings is 6. The molecule has 0 radical (unpaired) electrons. The van der Waals surface area contributed by atoms with Crippen LogP contribution in [0.2, 0.25) is 0 Å². The van der Waals surface area contributed by atoms with Crippen LogP contribution in [0.4, 0.5) is 0 Å².